The molecule has 0 amide bonds. The largest absolute Gasteiger partial charge is 0.349 e. The van der Waals surface area contributed by atoms with Gasteiger partial charge in [0.1, 0.15) is 5.82 Å². The third kappa shape index (κ3) is 2.16. The SMILES string of the molecule is CNC(Cc1ncc[nH]1)C12CC3CC(C)(CC(C)(C3)C1)C2. The molecule has 4 aliphatic carbocycles. The summed E-state index contributed by atoms with van der Waals surface area (Å²) < 4.78 is 0. The molecule has 4 saturated carbocycles. The number of hydrogen-bond donors (Lipinski definition) is 2. The van der Waals surface area contributed by atoms with Crippen molar-refractivity contribution < 1.29 is 0 Å². The maximum Gasteiger partial charge on any atom is 0.107 e. The zero-order valence-electron chi connectivity index (χ0n) is 13.7. The maximum atomic E-state index is 4.47. The molecule has 5 rings (SSSR count). The first-order chi connectivity index (χ1) is 9.94. The standard InChI is InChI=1S/C18H29N3/c1-16-7-13-8-17(2,10-16)12-18(9-13,11-16)14(19-3)6-15-20-4-5-21-15/h4-5,13-14,19H,6-12H2,1-3H3,(H,20,21). The summed E-state index contributed by atoms with van der Waals surface area (Å²) in [6.07, 6.45) is 13.5. The number of likely N-dealkylation sites (N-methyl/N-ethyl adjacent to an activating group) is 1. The molecular weight excluding hydrogens is 258 g/mol. The highest BCUT2D eigenvalue weighted by atomic mass is 15.0. The van der Waals surface area contributed by atoms with E-state index in [-0.39, 0.29) is 0 Å². The molecule has 2 N–H and O–H groups in total. The molecule has 4 fully saturated rings. The van der Waals surface area contributed by atoms with Gasteiger partial charge in [-0.25, -0.2) is 4.98 Å². The van der Waals surface area contributed by atoms with Gasteiger partial charge < -0.3 is 10.3 Å². The Morgan fingerprint density at radius 1 is 1.24 bits per heavy atom. The Morgan fingerprint density at radius 3 is 2.48 bits per heavy atom. The quantitative estimate of drug-likeness (QED) is 0.889. The van der Waals surface area contributed by atoms with E-state index in [1.807, 2.05) is 12.4 Å². The molecule has 21 heavy (non-hydrogen) atoms. The van der Waals surface area contributed by atoms with Crippen LogP contribution in [-0.2, 0) is 6.42 Å². The highest BCUT2D eigenvalue weighted by Crippen LogP contribution is 2.70. The van der Waals surface area contributed by atoms with Gasteiger partial charge in [0, 0.05) is 24.9 Å². The molecule has 3 heteroatoms. The van der Waals surface area contributed by atoms with Crippen molar-refractivity contribution in [3.05, 3.63) is 18.2 Å². The third-order valence-electron chi connectivity index (χ3n) is 6.71. The van der Waals surface area contributed by atoms with E-state index in [2.05, 4.69) is 36.2 Å². The Morgan fingerprint density at radius 2 is 1.95 bits per heavy atom. The van der Waals surface area contributed by atoms with Crippen molar-refractivity contribution in [1.29, 1.82) is 0 Å². The molecule has 0 radical (unpaired) electrons. The lowest BCUT2D eigenvalue weighted by Gasteiger charge is -2.67. The van der Waals surface area contributed by atoms with Crippen LogP contribution >= 0.6 is 0 Å². The van der Waals surface area contributed by atoms with E-state index in [0.717, 1.165) is 18.2 Å². The molecule has 0 spiro atoms. The summed E-state index contributed by atoms with van der Waals surface area (Å²) in [5.41, 5.74) is 1.67. The number of H-pyrrole nitrogens is 1. The van der Waals surface area contributed by atoms with Crippen LogP contribution in [0.2, 0.25) is 0 Å². The highest BCUT2D eigenvalue weighted by Gasteiger charge is 2.61. The molecule has 1 heterocycles. The molecule has 0 saturated heterocycles. The van der Waals surface area contributed by atoms with Crippen LogP contribution in [0, 0.1) is 22.2 Å². The minimum Gasteiger partial charge on any atom is -0.349 e. The normalized spacial score (nSPS) is 46.0. The molecule has 4 aliphatic rings. The number of aromatic nitrogens is 2. The zero-order chi connectivity index (χ0) is 14.7. The fourth-order valence-corrected chi connectivity index (χ4v) is 7.15. The van der Waals surface area contributed by atoms with Gasteiger partial charge in [-0.15, -0.1) is 0 Å². The van der Waals surface area contributed by atoms with Gasteiger partial charge in [0.05, 0.1) is 0 Å². The Bertz CT molecular complexity index is 503. The lowest BCUT2D eigenvalue weighted by molar-refractivity contribution is -0.157. The van der Waals surface area contributed by atoms with Crippen molar-refractivity contribution in [3.63, 3.8) is 0 Å². The highest BCUT2D eigenvalue weighted by molar-refractivity contribution is 5.14. The predicted octanol–water partition coefficient (Wildman–Crippen LogP) is 3.54. The van der Waals surface area contributed by atoms with E-state index in [9.17, 15) is 0 Å². The second-order valence-electron chi connectivity index (χ2n) is 9.07. The first-order valence-corrected chi connectivity index (χ1v) is 8.60. The molecule has 116 valence electrons. The summed E-state index contributed by atoms with van der Waals surface area (Å²) in [4.78, 5) is 7.77. The lowest BCUT2D eigenvalue weighted by atomic mass is 9.39. The van der Waals surface area contributed by atoms with Gasteiger partial charge in [-0.2, -0.15) is 0 Å². The van der Waals surface area contributed by atoms with Crippen LogP contribution < -0.4 is 5.32 Å². The minimum atomic E-state index is 0.491. The van der Waals surface area contributed by atoms with Crippen molar-refractivity contribution in [2.75, 3.05) is 7.05 Å². The van der Waals surface area contributed by atoms with Crippen molar-refractivity contribution >= 4 is 0 Å². The molecule has 3 unspecified atom stereocenters. The van der Waals surface area contributed by atoms with Gasteiger partial charge >= 0.3 is 0 Å². The van der Waals surface area contributed by atoms with E-state index < -0.39 is 0 Å². The van der Waals surface area contributed by atoms with Gasteiger partial charge in [-0.05, 0) is 67.7 Å². The summed E-state index contributed by atoms with van der Waals surface area (Å²) in [7, 11) is 2.15. The summed E-state index contributed by atoms with van der Waals surface area (Å²) in [5, 5.41) is 3.67. The van der Waals surface area contributed by atoms with Crippen molar-refractivity contribution in [2.45, 2.75) is 64.8 Å². The van der Waals surface area contributed by atoms with Crippen LogP contribution in [0.4, 0.5) is 0 Å². The summed E-state index contributed by atoms with van der Waals surface area (Å²) in [6.45, 7) is 5.12. The lowest BCUT2D eigenvalue weighted by Crippen LogP contribution is -2.61. The van der Waals surface area contributed by atoms with E-state index >= 15 is 0 Å². The predicted molar refractivity (Wildman–Crippen MR) is 85.0 cm³/mol. The molecule has 3 atom stereocenters. The monoisotopic (exact) mass is 287 g/mol. The number of nitrogens with one attached hydrogen (secondary N) is 2. The summed E-state index contributed by atoms with van der Waals surface area (Å²) in [6, 6.07) is 0.561. The Hall–Kier alpha value is -0.830. The van der Waals surface area contributed by atoms with E-state index in [1.54, 1.807) is 0 Å². The van der Waals surface area contributed by atoms with Gasteiger partial charge in [0.25, 0.3) is 0 Å². The maximum absolute atomic E-state index is 4.47. The van der Waals surface area contributed by atoms with E-state index in [1.165, 1.54) is 38.5 Å². The molecular formula is C18H29N3. The molecule has 1 aromatic rings. The van der Waals surface area contributed by atoms with Crippen LogP contribution in [0.5, 0.6) is 0 Å². The average molecular weight is 287 g/mol. The second-order valence-corrected chi connectivity index (χ2v) is 9.07. The average Bonchev–Trinajstić information content (AvgIpc) is 2.83. The van der Waals surface area contributed by atoms with Crippen molar-refractivity contribution in [3.8, 4) is 0 Å². The van der Waals surface area contributed by atoms with Gasteiger partial charge in [0.15, 0.2) is 0 Å². The van der Waals surface area contributed by atoms with E-state index in [0.29, 0.717) is 22.3 Å². The summed E-state index contributed by atoms with van der Waals surface area (Å²) in [5.74, 6) is 2.10. The molecule has 4 bridgehead atoms. The zero-order valence-corrected chi connectivity index (χ0v) is 13.7. The Labute approximate surface area is 128 Å². The number of imidazole rings is 1. The number of hydrogen-bond acceptors (Lipinski definition) is 2. The van der Waals surface area contributed by atoms with Crippen molar-refractivity contribution in [2.24, 2.45) is 22.2 Å². The van der Waals surface area contributed by atoms with Gasteiger partial charge in [0.2, 0.25) is 0 Å². The van der Waals surface area contributed by atoms with Gasteiger partial charge in [-0.3, -0.25) is 0 Å². The Balaban J connectivity index is 1.66. The topological polar surface area (TPSA) is 40.7 Å². The van der Waals surface area contributed by atoms with Crippen molar-refractivity contribution in [1.82, 2.24) is 15.3 Å². The fourth-order valence-electron chi connectivity index (χ4n) is 7.15. The third-order valence-corrected chi connectivity index (χ3v) is 6.71. The molecule has 0 aliphatic heterocycles. The van der Waals surface area contributed by atoms with Crippen LogP contribution in [0.25, 0.3) is 0 Å². The molecule has 1 aromatic heterocycles. The fraction of sp³-hybridized carbons (Fsp3) is 0.833. The Kier molecular flexibility index (Phi) is 2.86. The van der Waals surface area contributed by atoms with Crippen LogP contribution in [-0.4, -0.2) is 23.1 Å². The summed E-state index contributed by atoms with van der Waals surface area (Å²) >= 11 is 0. The van der Waals surface area contributed by atoms with Crippen LogP contribution in [0.1, 0.15) is 58.2 Å². The number of rotatable bonds is 4. The smallest absolute Gasteiger partial charge is 0.107 e. The van der Waals surface area contributed by atoms with E-state index in [4.69, 9.17) is 0 Å². The second kappa shape index (κ2) is 4.34. The number of aromatic amines is 1. The number of nitrogens with zero attached hydrogens (tertiary/aromatic N) is 1. The first kappa shape index (κ1) is 13.8. The first-order valence-electron chi connectivity index (χ1n) is 8.60. The van der Waals surface area contributed by atoms with Crippen LogP contribution in [0.15, 0.2) is 12.4 Å². The molecule has 0 aromatic carbocycles. The molecule has 3 nitrogen and oxygen atoms in total. The minimum absolute atomic E-state index is 0.491. The van der Waals surface area contributed by atoms with Gasteiger partial charge in [-0.1, -0.05) is 13.8 Å². The van der Waals surface area contributed by atoms with Crippen LogP contribution in [0.3, 0.4) is 0 Å².